The molecule has 18 heavy (non-hydrogen) atoms. The third kappa shape index (κ3) is 2.04. The van der Waals surface area contributed by atoms with Gasteiger partial charge in [-0.3, -0.25) is 4.79 Å². The standard InChI is InChI=1S/C10H9N5OS2/c11-15-5-12-14-10(15)18-9-8(16)13-6-3-1-2-4-7(6)17-9/h1-5,9H,11H2,(H,13,16). The lowest BCUT2D eigenvalue weighted by Crippen LogP contribution is -2.27. The minimum absolute atomic E-state index is 0.0632. The van der Waals surface area contributed by atoms with Gasteiger partial charge in [0.2, 0.25) is 11.1 Å². The monoisotopic (exact) mass is 279 g/mol. The van der Waals surface area contributed by atoms with E-state index in [0.717, 1.165) is 10.6 Å². The van der Waals surface area contributed by atoms with Gasteiger partial charge in [-0.05, 0) is 12.1 Å². The Kier molecular flexibility index (Phi) is 2.88. The highest BCUT2D eigenvalue weighted by molar-refractivity contribution is 8.18. The number of benzene rings is 1. The fourth-order valence-corrected chi connectivity index (χ4v) is 3.70. The number of hydrogen-bond donors (Lipinski definition) is 2. The van der Waals surface area contributed by atoms with E-state index in [9.17, 15) is 4.79 Å². The first-order chi connectivity index (χ1) is 8.74. The number of nitrogens with one attached hydrogen (secondary N) is 1. The van der Waals surface area contributed by atoms with Crippen molar-refractivity contribution in [3.05, 3.63) is 30.6 Å². The quantitative estimate of drug-likeness (QED) is 0.802. The number of carbonyl (C=O) groups excluding carboxylic acids is 1. The summed E-state index contributed by atoms with van der Waals surface area (Å²) in [5.41, 5.74) is 0.846. The number of hydrogen-bond acceptors (Lipinski definition) is 6. The van der Waals surface area contributed by atoms with Gasteiger partial charge in [0.1, 0.15) is 10.9 Å². The first-order valence-corrected chi connectivity index (χ1v) is 6.88. The summed E-state index contributed by atoms with van der Waals surface area (Å²) in [7, 11) is 0. The summed E-state index contributed by atoms with van der Waals surface area (Å²) >= 11 is 2.77. The topological polar surface area (TPSA) is 85.8 Å². The summed E-state index contributed by atoms with van der Waals surface area (Å²) < 4.78 is 0.991. The fraction of sp³-hybridized carbons (Fsp3) is 0.100. The Hall–Kier alpha value is -1.67. The number of amides is 1. The summed E-state index contributed by atoms with van der Waals surface area (Å²) in [6, 6.07) is 7.69. The summed E-state index contributed by atoms with van der Waals surface area (Å²) in [6.07, 6.45) is 1.40. The molecule has 2 aromatic rings. The van der Waals surface area contributed by atoms with E-state index >= 15 is 0 Å². The second kappa shape index (κ2) is 4.54. The highest BCUT2D eigenvalue weighted by Gasteiger charge is 2.29. The number of anilines is 1. The zero-order valence-corrected chi connectivity index (χ0v) is 10.7. The van der Waals surface area contributed by atoms with Crippen LogP contribution < -0.4 is 11.2 Å². The number of nitrogen functional groups attached to an aromatic ring is 1. The van der Waals surface area contributed by atoms with Crippen molar-refractivity contribution in [1.82, 2.24) is 14.9 Å². The molecule has 1 aliphatic rings. The van der Waals surface area contributed by atoms with Crippen molar-refractivity contribution in [3.63, 3.8) is 0 Å². The molecule has 0 bridgehead atoms. The van der Waals surface area contributed by atoms with E-state index in [1.165, 1.54) is 34.5 Å². The van der Waals surface area contributed by atoms with Gasteiger partial charge in [-0.1, -0.05) is 35.7 Å². The zero-order chi connectivity index (χ0) is 12.5. The zero-order valence-electron chi connectivity index (χ0n) is 9.11. The number of fused-ring (bicyclic) bond motifs is 1. The number of thioether (sulfide) groups is 2. The van der Waals surface area contributed by atoms with Gasteiger partial charge in [-0.2, -0.15) is 0 Å². The molecular formula is C10H9N5OS2. The lowest BCUT2D eigenvalue weighted by Gasteiger charge is -2.22. The molecular weight excluding hydrogens is 270 g/mol. The Balaban J connectivity index is 1.83. The van der Waals surface area contributed by atoms with Crippen LogP contribution in [0, 0.1) is 0 Å². The van der Waals surface area contributed by atoms with Crippen LogP contribution in [0.2, 0.25) is 0 Å². The smallest absolute Gasteiger partial charge is 0.248 e. The molecule has 1 aliphatic heterocycles. The molecule has 1 amide bonds. The largest absolute Gasteiger partial charge is 0.336 e. The van der Waals surface area contributed by atoms with Gasteiger partial charge in [0, 0.05) is 4.90 Å². The van der Waals surface area contributed by atoms with E-state index in [-0.39, 0.29) is 10.5 Å². The van der Waals surface area contributed by atoms with Crippen molar-refractivity contribution < 1.29 is 4.79 Å². The van der Waals surface area contributed by atoms with E-state index in [1.807, 2.05) is 24.3 Å². The third-order valence-corrected chi connectivity index (χ3v) is 4.89. The first-order valence-electron chi connectivity index (χ1n) is 5.12. The summed E-state index contributed by atoms with van der Waals surface area (Å²) in [6.45, 7) is 0. The van der Waals surface area contributed by atoms with Crippen molar-refractivity contribution in [2.45, 2.75) is 14.6 Å². The number of aromatic nitrogens is 3. The first kappa shape index (κ1) is 11.4. The predicted molar refractivity (Wildman–Crippen MR) is 70.7 cm³/mol. The van der Waals surface area contributed by atoms with Crippen LogP contribution in [0.4, 0.5) is 5.69 Å². The molecule has 0 radical (unpaired) electrons. The fourth-order valence-electron chi connectivity index (χ4n) is 1.52. The highest BCUT2D eigenvalue weighted by atomic mass is 32.2. The molecule has 1 aromatic carbocycles. The second-order valence-electron chi connectivity index (χ2n) is 3.57. The molecule has 0 aliphatic carbocycles. The summed E-state index contributed by atoms with van der Waals surface area (Å²) in [4.78, 5) is 13.0. The number of carbonyl (C=O) groups is 1. The molecule has 2 heterocycles. The van der Waals surface area contributed by atoms with Crippen LogP contribution in [-0.2, 0) is 4.79 Å². The third-order valence-electron chi connectivity index (χ3n) is 2.35. The van der Waals surface area contributed by atoms with Crippen LogP contribution in [0.3, 0.4) is 0 Å². The maximum absolute atomic E-state index is 11.9. The summed E-state index contributed by atoms with van der Waals surface area (Å²) in [5.74, 6) is 5.56. The SMILES string of the molecule is Nn1cnnc1SC1Sc2ccccc2NC1=O. The Morgan fingerprint density at radius 2 is 2.28 bits per heavy atom. The van der Waals surface area contributed by atoms with Crippen LogP contribution >= 0.6 is 23.5 Å². The molecule has 0 fully saturated rings. The Morgan fingerprint density at radius 1 is 1.44 bits per heavy atom. The molecule has 0 saturated carbocycles. The number of nitrogens with two attached hydrogens (primary N) is 1. The molecule has 3 rings (SSSR count). The minimum atomic E-state index is -0.314. The number of nitrogens with zero attached hydrogens (tertiary/aromatic N) is 3. The number of para-hydroxylation sites is 1. The molecule has 6 nitrogen and oxygen atoms in total. The Labute approximate surface area is 111 Å². The summed E-state index contributed by atoms with van der Waals surface area (Å²) in [5, 5.41) is 10.9. The minimum Gasteiger partial charge on any atom is -0.336 e. The lowest BCUT2D eigenvalue weighted by molar-refractivity contribution is -0.114. The molecule has 0 saturated heterocycles. The van der Waals surface area contributed by atoms with Crippen LogP contribution in [0.25, 0.3) is 0 Å². The van der Waals surface area contributed by atoms with Crippen molar-refractivity contribution in [2.75, 3.05) is 11.2 Å². The number of rotatable bonds is 2. The molecule has 3 N–H and O–H groups in total. The highest BCUT2D eigenvalue weighted by Crippen LogP contribution is 2.41. The molecule has 1 atom stereocenters. The molecule has 1 unspecified atom stereocenters. The lowest BCUT2D eigenvalue weighted by atomic mass is 10.3. The normalized spacial score (nSPS) is 18.2. The van der Waals surface area contributed by atoms with Gasteiger partial charge in [0.05, 0.1) is 5.69 Å². The van der Waals surface area contributed by atoms with E-state index in [1.54, 1.807) is 0 Å². The second-order valence-corrected chi connectivity index (χ2v) is 6.09. The van der Waals surface area contributed by atoms with E-state index in [2.05, 4.69) is 15.5 Å². The Bertz CT molecular complexity index is 599. The van der Waals surface area contributed by atoms with Gasteiger partial charge in [-0.25, -0.2) is 4.68 Å². The molecule has 0 spiro atoms. The van der Waals surface area contributed by atoms with Crippen molar-refractivity contribution in [3.8, 4) is 0 Å². The van der Waals surface area contributed by atoms with E-state index in [0.29, 0.717) is 5.16 Å². The Morgan fingerprint density at radius 3 is 3.06 bits per heavy atom. The van der Waals surface area contributed by atoms with Crippen molar-refractivity contribution >= 4 is 35.1 Å². The molecule has 92 valence electrons. The predicted octanol–water partition coefficient (Wildman–Crippen LogP) is 1.15. The van der Waals surface area contributed by atoms with Crippen molar-refractivity contribution in [2.24, 2.45) is 0 Å². The molecule has 8 heteroatoms. The average molecular weight is 279 g/mol. The maximum atomic E-state index is 11.9. The van der Waals surface area contributed by atoms with Gasteiger partial charge in [0.15, 0.2) is 0 Å². The van der Waals surface area contributed by atoms with Crippen molar-refractivity contribution in [1.29, 1.82) is 0 Å². The molecule has 1 aromatic heterocycles. The van der Waals surface area contributed by atoms with Gasteiger partial charge in [-0.15, -0.1) is 10.2 Å². The maximum Gasteiger partial charge on any atom is 0.248 e. The average Bonchev–Trinajstić information content (AvgIpc) is 2.76. The van der Waals surface area contributed by atoms with Gasteiger partial charge < -0.3 is 11.2 Å². The van der Waals surface area contributed by atoms with Crippen LogP contribution in [0.15, 0.2) is 40.6 Å². The van der Waals surface area contributed by atoms with Crippen LogP contribution in [0.5, 0.6) is 0 Å². The van der Waals surface area contributed by atoms with E-state index < -0.39 is 0 Å². The van der Waals surface area contributed by atoms with Crippen LogP contribution in [0.1, 0.15) is 0 Å². The van der Waals surface area contributed by atoms with Gasteiger partial charge >= 0.3 is 0 Å². The van der Waals surface area contributed by atoms with E-state index in [4.69, 9.17) is 5.84 Å². The van der Waals surface area contributed by atoms with Gasteiger partial charge in [0.25, 0.3) is 0 Å². The van der Waals surface area contributed by atoms with Crippen LogP contribution in [-0.4, -0.2) is 25.4 Å².